The van der Waals surface area contributed by atoms with Crippen molar-refractivity contribution >= 4 is 0 Å². The van der Waals surface area contributed by atoms with Crippen LogP contribution in [0.25, 0.3) is 0 Å². The van der Waals surface area contributed by atoms with Gasteiger partial charge >= 0.3 is 0 Å². The smallest absolute Gasteiger partial charge is 0.0626 e. The third-order valence-electron chi connectivity index (χ3n) is 3.41. The fraction of sp³-hybridized carbons (Fsp3) is 0.294. The van der Waals surface area contributed by atoms with Gasteiger partial charge in [0.1, 0.15) is 0 Å². The van der Waals surface area contributed by atoms with Gasteiger partial charge in [-0.25, -0.2) is 0 Å². The monoisotopic (exact) mass is 255 g/mol. The van der Waals surface area contributed by atoms with E-state index in [1.54, 1.807) is 0 Å². The summed E-state index contributed by atoms with van der Waals surface area (Å²) in [4.78, 5) is 0. The van der Waals surface area contributed by atoms with Gasteiger partial charge in [-0.1, -0.05) is 60.2 Å². The molecule has 0 heterocycles. The number of hydrogen-bond donors (Lipinski definition) is 2. The van der Waals surface area contributed by atoms with Crippen LogP contribution >= 0.6 is 0 Å². The van der Waals surface area contributed by atoms with Crippen molar-refractivity contribution in [2.75, 3.05) is 6.61 Å². The highest BCUT2D eigenvalue weighted by Crippen LogP contribution is 2.19. The van der Waals surface area contributed by atoms with E-state index in [1.807, 2.05) is 30.3 Å². The molecule has 2 nitrogen and oxygen atoms in total. The Labute approximate surface area is 115 Å². The first-order valence-corrected chi connectivity index (χ1v) is 6.69. The molecule has 0 radical (unpaired) electrons. The zero-order chi connectivity index (χ0) is 13.7. The molecule has 0 fully saturated rings. The van der Waals surface area contributed by atoms with Crippen LogP contribution in [0.5, 0.6) is 0 Å². The lowest BCUT2D eigenvalue weighted by atomic mass is 10.0. The number of hydrogen-bond acceptors (Lipinski definition) is 2. The molecule has 2 rings (SSSR count). The average Bonchev–Trinajstić information content (AvgIpc) is 2.46. The summed E-state index contributed by atoms with van der Waals surface area (Å²) in [6.45, 7) is 4.30. The van der Waals surface area contributed by atoms with Gasteiger partial charge in [-0.2, -0.15) is 0 Å². The SMILES string of the molecule is Cc1ccc(C(C)NC(CO)c2ccccc2)cc1. The number of benzene rings is 2. The Morgan fingerprint density at radius 2 is 1.58 bits per heavy atom. The van der Waals surface area contributed by atoms with Gasteiger partial charge in [-0.3, -0.25) is 0 Å². The highest BCUT2D eigenvalue weighted by Gasteiger charge is 2.14. The van der Waals surface area contributed by atoms with Crippen molar-refractivity contribution in [3.05, 3.63) is 71.3 Å². The summed E-state index contributed by atoms with van der Waals surface area (Å²) in [5.41, 5.74) is 3.61. The van der Waals surface area contributed by atoms with Crippen LogP contribution in [0.4, 0.5) is 0 Å². The van der Waals surface area contributed by atoms with Crippen molar-refractivity contribution in [2.45, 2.75) is 25.9 Å². The first-order chi connectivity index (χ1) is 9.20. The highest BCUT2D eigenvalue weighted by atomic mass is 16.3. The summed E-state index contributed by atoms with van der Waals surface area (Å²) < 4.78 is 0. The summed E-state index contributed by atoms with van der Waals surface area (Å²) in [6, 6.07) is 18.7. The van der Waals surface area contributed by atoms with Gasteiger partial charge < -0.3 is 10.4 Å². The van der Waals surface area contributed by atoms with Gasteiger partial charge in [0.2, 0.25) is 0 Å². The Balaban J connectivity index is 2.08. The van der Waals surface area contributed by atoms with Gasteiger partial charge in [-0.05, 0) is 25.0 Å². The average molecular weight is 255 g/mol. The summed E-state index contributed by atoms with van der Waals surface area (Å²) in [5.74, 6) is 0. The Kier molecular flexibility index (Phi) is 4.72. The predicted molar refractivity (Wildman–Crippen MR) is 79.0 cm³/mol. The van der Waals surface area contributed by atoms with Crippen molar-refractivity contribution in [1.29, 1.82) is 0 Å². The quantitative estimate of drug-likeness (QED) is 0.858. The molecule has 2 aromatic carbocycles. The molecule has 0 aliphatic rings. The van der Waals surface area contributed by atoms with E-state index in [-0.39, 0.29) is 18.7 Å². The lowest BCUT2D eigenvalue weighted by Crippen LogP contribution is -2.27. The van der Waals surface area contributed by atoms with E-state index in [9.17, 15) is 5.11 Å². The fourth-order valence-electron chi connectivity index (χ4n) is 2.19. The Morgan fingerprint density at radius 1 is 0.947 bits per heavy atom. The molecular formula is C17H21NO. The standard InChI is InChI=1S/C17H21NO/c1-13-8-10-15(11-9-13)14(2)18-17(12-19)16-6-4-3-5-7-16/h3-11,14,17-19H,12H2,1-2H3. The largest absolute Gasteiger partial charge is 0.394 e. The summed E-state index contributed by atoms with van der Waals surface area (Å²) in [7, 11) is 0. The highest BCUT2D eigenvalue weighted by molar-refractivity contribution is 5.25. The van der Waals surface area contributed by atoms with Crippen LogP contribution in [-0.4, -0.2) is 11.7 Å². The van der Waals surface area contributed by atoms with Crippen molar-refractivity contribution in [1.82, 2.24) is 5.32 Å². The molecule has 0 saturated carbocycles. The van der Waals surface area contributed by atoms with Crippen molar-refractivity contribution < 1.29 is 5.11 Å². The number of nitrogens with one attached hydrogen (secondary N) is 1. The van der Waals surface area contributed by atoms with E-state index < -0.39 is 0 Å². The molecule has 0 aliphatic heterocycles. The second-order valence-electron chi connectivity index (χ2n) is 4.94. The van der Waals surface area contributed by atoms with E-state index in [4.69, 9.17) is 0 Å². The molecular weight excluding hydrogens is 234 g/mol. The third kappa shape index (κ3) is 3.66. The van der Waals surface area contributed by atoms with Gasteiger partial charge in [0, 0.05) is 6.04 Å². The molecule has 0 bridgehead atoms. The lowest BCUT2D eigenvalue weighted by molar-refractivity contribution is 0.235. The summed E-state index contributed by atoms with van der Waals surface area (Å²) in [6.07, 6.45) is 0. The first-order valence-electron chi connectivity index (χ1n) is 6.69. The maximum Gasteiger partial charge on any atom is 0.0626 e. The lowest BCUT2D eigenvalue weighted by Gasteiger charge is -2.22. The minimum Gasteiger partial charge on any atom is -0.394 e. The van der Waals surface area contributed by atoms with Gasteiger partial charge in [0.25, 0.3) is 0 Å². The maximum absolute atomic E-state index is 9.56. The van der Waals surface area contributed by atoms with Crippen LogP contribution in [0.1, 0.15) is 35.7 Å². The van der Waals surface area contributed by atoms with Crippen LogP contribution in [0.15, 0.2) is 54.6 Å². The summed E-state index contributed by atoms with van der Waals surface area (Å²) >= 11 is 0. The van der Waals surface area contributed by atoms with E-state index in [2.05, 4.69) is 43.4 Å². The molecule has 0 aliphatic carbocycles. The molecule has 2 heteroatoms. The molecule has 2 aromatic rings. The molecule has 0 amide bonds. The van der Waals surface area contributed by atoms with Crippen molar-refractivity contribution in [3.63, 3.8) is 0 Å². The second-order valence-corrected chi connectivity index (χ2v) is 4.94. The molecule has 100 valence electrons. The van der Waals surface area contributed by atoms with Crippen LogP contribution in [0, 0.1) is 6.92 Å². The van der Waals surface area contributed by atoms with Crippen molar-refractivity contribution in [3.8, 4) is 0 Å². The molecule has 19 heavy (non-hydrogen) atoms. The molecule has 2 atom stereocenters. The fourth-order valence-corrected chi connectivity index (χ4v) is 2.19. The van der Waals surface area contributed by atoms with E-state index in [0.717, 1.165) is 5.56 Å². The number of rotatable bonds is 5. The molecule has 0 saturated heterocycles. The Morgan fingerprint density at radius 3 is 2.16 bits per heavy atom. The first kappa shape index (κ1) is 13.8. The van der Waals surface area contributed by atoms with E-state index in [0.29, 0.717) is 0 Å². The normalized spacial score (nSPS) is 14.1. The van der Waals surface area contributed by atoms with E-state index >= 15 is 0 Å². The molecule has 0 spiro atoms. The van der Waals surface area contributed by atoms with Crippen LogP contribution < -0.4 is 5.32 Å². The number of aliphatic hydroxyl groups is 1. The zero-order valence-corrected chi connectivity index (χ0v) is 11.5. The Bertz CT molecular complexity index is 492. The molecule has 0 aromatic heterocycles. The van der Waals surface area contributed by atoms with Gasteiger partial charge in [-0.15, -0.1) is 0 Å². The van der Waals surface area contributed by atoms with Crippen LogP contribution in [0.3, 0.4) is 0 Å². The minimum absolute atomic E-state index is 0.0301. The summed E-state index contributed by atoms with van der Waals surface area (Å²) in [5, 5.41) is 13.0. The molecule has 2 unspecified atom stereocenters. The third-order valence-corrected chi connectivity index (χ3v) is 3.41. The van der Waals surface area contributed by atoms with Gasteiger partial charge in [0.15, 0.2) is 0 Å². The second kappa shape index (κ2) is 6.50. The van der Waals surface area contributed by atoms with Crippen LogP contribution in [0.2, 0.25) is 0 Å². The number of aryl methyl sites for hydroxylation is 1. The predicted octanol–water partition coefficient (Wildman–Crippen LogP) is 3.38. The van der Waals surface area contributed by atoms with Crippen molar-refractivity contribution in [2.24, 2.45) is 0 Å². The Hall–Kier alpha value is -1.64. The van der Waals surface area contributed by atoms with Gasteiger partial charge in [0.05, 0.1) is 12.6 Å². The zero-order valence-electron chi connectivity index (χ0n) is 11.5. The number of aliphatic hydroxyl groups excluding tert-OH is 1. The van der Waals surface area contributed by atoms with E-state index in [1.165, 1.54) is 11.1 Å². The van der Waals surface area contributed by atoms with Crippen LogP contribution in [-0.2, 0) is 0 Å². The minimum atomic E-state index is -0.0301. The molecule has 2 N–H and O–H groups in total. The topological polar surface area (TPSA) is 32.3 Å². The maximum atomic E-state index is 9.56.